The molecule has 1 atom stereocenters. The van der Waals surface area contributed by atoms with Gasteiger partial charge in [0.1, 0.15) is 5.75 Å². The first kappa shape index (κ1) is 24.5. The molecule has 0 spiro atoms. The minimum absolute atomic E-state index is 0. The Bertz CT molecular complexity index is 621. The first-order chi connectivity index (χ1) is 13.2. The molecule has 28 heavy (non-hydrogen) atoms. The fourth-order valence-corrected chi connectivity index (χ4v) is 3.31. The van der Waals surface area contributed by atoms with Crippen LogP contribution in [0.1, 0.15) is 37.8 Å². The number of nitrogens with one attached hydrogen (secondary N) is 2. The van der Waals surface area contributed by atoms with E-state index in [2.05, 4.69) is 26.3 Å². The van der Waals surface area contributed by atoms with E-state index >= 15 is 0 Å². The second kappa shape index (κ2) is 13.6. The molecule has 2 N–H and O–H groups in total. The lowest BCUT2D eigenvalue weighted by molar-refractivity contribution is -0.140. The highest BCUT2D eigenvalue weighted by atomic mass is 127. The minimum atomic E-state index is -0.234. The molecule has 1 aromatic rings. The van der Waals surface area contributed by atoms with Gasteiger partial charge in [-0.1, -0.05) is 18.2 Å². The van der Waals surface area contributed by atoms with E-state index in [0.29, 0.717) is 25.5 Å². The van der Waals surface area contributed by atoms with E-state index in [4.69, 9.17) is 9.73 Å². The summed E-state index contributed by atoms with van der Waals surface area (Å²) >= 11 is 0. The number of guanidine groups is 1. The lowest BCUT2D eigenvalue weighted by atomic mass is 10.0. The summed E-state index contributed by atoms with van der Waals surface area (Å²) in [6.07, 6.45) is 2.74. The maximum atomic E-state index is 11.3. The van der Waals surface area contributed by atoms with Gasteiger partial charge < -0.3 is 20.1 Å². The molecule has 1 aliphatic heterocycles. The summed E-state index contributed by atoms with van der Waals surface area (Å²) in [5, 5.41) is 6.44. The Hall–Kier alpha value is -1.55. The summed E-state index contributed by atoms with van der Waals surface area (Å²) in [7, 11) is 3.11. The van der Waals surface area contributed by atoms with Crippen molar-refractivity contribution in [3.63, 3.8) is 0 Å². The summed E-state index contributed by atoms with van der Waals surface area (Å²) < 4.78 is 10.3. The lowest BCUT2D eigenvalue weighted by Gasteiger charge is -2.28. The molecule has 158 valence electrons. The van der Waals surface area contributed by atoms with Crippen LogP contribution in [-0.2, 0) is 9.53 Å². The number of aliphatic imine (C=N–C) groups is 1. The number of esters is 1. The predicted molar refractivity (Wildman–Crippen MR) is 123 cm³/mol. The molecule has 0 aliphatic carbocycles. The molecule has 0 bridgehead atoms. The third kappa shape index (κ3) is 7.46. The van der Waals surface area contributed by atoms with Crippen LogP contribution in [0.3, 0.4) is 0 Å². The van der Waals surface area contributed by atoms with Gasteiger partial charge in [0.15, 0.2) is 5.96 Å². The van der Waals surface area contributed by atoms with Gasteiger partial charge >= 0.3 is 5.97 Å². The third-order valence-electron chi connectivity index (χ3n) is 4.70. The topological polar surface area (TPSA) is 75.2 Å². The number of hydrogen-bond acceptors (Lipinski definition) is 5. The van der Waals surface area contributed by atoms with Crippen LogP contribution in [0.25, 0.3) is 0 Å². The number of benzene rings is 1. The third-order valence-corrected chi connectivity index (χ3v) is 4.70. The van der Waals surface area contributed by atoms with Crippen LogP contribution in [0.15, 0.2) is 29.3 Å². The van der Waals surface area contributed by atoms with Crippen molar-refractivity contribution >= 4 is 35.9 Å². The van der Waals surface area contributed by atoms with Gasteiger partial charge in [0, 0.05) is 18.7 Å². The van der Waals surface area contributed by atoms with Gasteiger partial charge in [-0.2, -0.15) is 0 Å². The molecule has 2 rings (SSSR count). The van der Waals surface area contributed by atoms with Crippen LogP contribution in [-0.4, -0.2) is 63.8 Å². The van der Waals surface area contributed by atoms with Gasteiger partial charge in [0.2, 0.25) is 0 Å². The molecule has 1 fully saturated rings. The smallest absolute Gasteiger partial charge is 0.307 e. The average molecular weight is 504 g/mol. The van der Waals surface area contributed by atoms with Gasteiger partial charge in [0.25, 0.3) is 0 Å². The maximum absolute atomic E-state index is 11.3. The first-order valence-corrected chi connectivity index (χ1v) is 9.65. The molecule has 1 aromatic carbocycles. The molecule has 1 aliphatic rings. The Labute approximate surface area is 185 Å². The van der Waals surface area contributed by atoms with E-state index in [9.17, 15) is 4.79 Å². The molecule has 0 saturated carbocycles. The molecule has 1 unspecified atom stereocenters. The lowest BCUT2D eigenvalue weighted by Crippen LogP contribution is -2.39. The number of carbonyl (C=O) groups excluding carboxylic acids is 1. The number of halogens is 1. The standard InChI is InChI=1S/C20H32N4O3.HI/c1-4-21-20(22-12-11-19(25)27-3)23-15-17(24-13-7-8-14-24)16-9-5-6-10-18(16)26-2;/h5-6,9-10,17H,4,7-8,11-15H2,1-3H3,(H2,21,22,23);1H. The monoisotopic (exact) mass is 504 g/mol. The molecular weight excluding hydrogens is 471 g/mol. The van der Waals surface area contributed by atoms with Crippen LogP contribution >= 0.6 is 24.0 Å². The highest BCUT2D eigenvalue weighted by Gasteiger charge is 2.25. The molecule has 0 radical (unpaired) electrons. The number of likely N-dealkylation sites (tertiary alicyclic amines) is 1. The summed E-state index contributed by atoms with van der Waals surface area (Å²) in [6, 6.07) is 8.33. The summed E-state index contributed by atoms with van der Waals surface area (Å²) in [5.41, 5.74) is 1.16. The Morgan fingerprint density at radius 3 is 2.57 bits per heavy atom. The zero-order chi connectivity index (χ0) is 19.5. The molecular formula is C20H33IN4O3. The zero-order valence-electron chi connectivity index (χ0n) is 17.1. The normalized spacial score (nSPS) is 15.5. The summed E-state index contributed by atoms with van der Waals surface area (Å²) in [6.45, 7) is 6.04. The molecule has 1 heterocycles. The Kier molecular flexibility index (Phi) is 11.9. The van der Waals surface area contributed by atoms with Crippen molar-refractivity contribution in [1.82, 2.24) is 15.5 Å². The van der Waals surface area contributed by atoms with Crippen molar-refractivity contribution < 1.29 is 14.3 Å². The van der Waals surface area contributed by atoms with Crippen LogP contribution in [0, 0.1) is 0 Å². The van der Waals surface area contributed by atoms with E-state index in [1.54, 1.807) is 7.11 Å². The fraction of sp³-hybridized carbons (Fsp3) is 0.600. The van der Waals surface area contributed by atoms with Gasteiger partial charge in [-0.15, -0.1) is 24.0 Å². The molecule has 7 nitrogen and oxygen atoms in total. The number of rotatable bonds is 9. The number of carbonyl (C=O) groups is 1. The van der Waals surface area contributed by atoms with Crippen LogP contribution in [0.4, 0.5) is 0 Å². The second-order valence-electron chi connectivity index (χ2n) is 6.47. The number of hydrogen-bond donors (Lipinski definition) is 2. The van der Waals surface area contributed by atoms with E-state index in [-0.39, 0.29) is 36.0 Å². The van der Waals surface area contributed by atoms with Crippen LogP contribution in [0.5, 0.6) is 5.75 Å². The second-order valence-corrected chi connectivity index (χ2v) is 6.47. The van der Waals surface area contributed by atoms with Crippen molar-refractivity contribution in [2.75, 3.05) is 46.9 Å². The van der Waals surface area contributed by atoms with Crippen molar-refractivity contribution in [2.24, 2.45) is 4.99 Å². The number of ether oxygens (including phenoxy) is 2. The largest absolute Gasteiger partial charge is 0.496 e. The predicted octanol–water partition coefficient (Wildman–Crippen LogP) is 2.57. The van der Waals surface area contributed by atoms with Gasteiger partial charge in [0.05, 0.1) is 33.2 Å². The Balaban J connectivity index is 0.00000392. The van der Waals surface area contributed by atoms with E-state index in [1.807, 2.05) is 25.1 Å². The van der Waals surface area contributed by atoms with Crippen LogP contribution in [0.2, 0.25) is 0 Å². The average Bonchev–Trinajstić information content (AvgIpc) is 3.22. The first-order valence-electron chi connectivity index (χ1n) is 9.65. The minimum Gasteiger partial charge on any atom is -0.496 e. The summed E-state index contributed by atoms with van der Waals surface area (Å²) in [4.78, 5) is 18.6. The quantitative estimate of drug-likeness (QED) is 0.233. The molecule has 0 aromatic heterocycles. The Morgan fingerprint density at radius 2 is 1.93 bits per heavy atom. The van der Waals surface area contributed by atoms with E-state index in [0.717, 1.165) is 30.9 Å². The SMILES string of the molecule is CCNC(=NCC(c1ccccc1OC)N1CCCC1)NCCC(=O)OC.I. The maximum Gasteiger partial charge on any atom is 0.307 e. The van der Waals surface area contributed by atoms with Crippen molar-refractivity contribution in [3.05, 3.63) is 29.8 Å². The van der Waals surface area contributed by atoms with Gasteiger partial charge in [-0.3, -0.25) is 14.7 Å². The molecule has 0 amide bonds. The van der Waals surface area contributed by atoms with Crippen molar-refractivity contribution in [1.29, 1.82) is 0 Å². The van der Waals surface area contributed by atoms with Crippen molar-refractivity contribution in [3.8, 4) is 5.75 Å². The van der Waals surface area contributed by atoms with Crippen molar-refractivity contribution in [2.45, 2.75) is 32.2 Å². The highest BCUT2D eigenvalue weighted by molar-refractivity contribution is 14.0. The number of nitrogens with zero attached hydrogens (tertiary/aromatic N) is 2. The highest BCUT2D eigenvalue weighted by Crippen LogP contribution is 2.31. The molecule has 1 saturated heterocycles. The number of methoxy groups -OCH3 is 2. The molecule has 8 heteroatoms. The number of para-hydroxylation sites is 1. The summed E-state index contributed by atoms with van der Waals surface area (Å²) in [5.74, 6) is 1.37. The van der Waals surface area contributed by atoms with Gasteiger partial charge in [-0.05, 0) is 38.9 Å². The van der Waals surface area contributed by atoms with E-state index in [1.165, 1.54) is 20.0 Å². The Morgan fingerprint density at radius 1 is 1.21 bits per heavy atom. The van der Waals surface area contributed by atoms with Gasteiger partial charge in [-0.25, -0.2) is 0 Å². The van der Waals surface area contributed by atoms with E-state index < -0.39 is 0 Å². The zero-order valence-corrected chi connectivity index (χ0v) is 19.4. The fourth-order valence-electron chi connectivity index (χ4n) is 3.31. The van der Waals surface area contributed by atoms with Crippen LogP contribution < -0.4 is 15.4 Å².